The van der Waals surface area contributed by atoms with Crippen LogP contribution in [0.4, 0.5) is 0 Å². The van der Waals surface area contributed by atoms with Crippen molar-refractivity contribution in [3.8, 4) is 0 Å². The second-order valence-electron chi connectivity index (χ2n) is 3.25. The summed E-state index contributed by atoms with van der Waals surface area (Å²) < 4.78 is 5.37. The van der Waals surface area contributed by atoms with Crippen LogP contribution in [0.3, 0.4) is 0 Å². The van der Waals surface area contributed by atoms with Gasteiger partial charge in [-0.25, -0.2) is 4.98 Å². The molecule has 2 rings (SSSR count). The maximum atomic E-state index is 5.86. The van der Waals surface area contributed by atoms with Gasteiger partial charge in [-0.05, 0) is 17.7 Å². The van der Waals surface area contributed by atoms with E-state index in [4.69, 9.17) is 10.2 Å². The Morgan fingerprint density at radius 1 is 1.57 bits per heavy atom. The second kappa shape index (κ2) is 3.63. The normalized spacial score (nSPS) is 13.4. The lowest BCUT2D eigenvalue weighted by Gasteiger charge is -2.07. The van der Waals surface area contributed by atoms with E-state index in [2.05, 4.69) is 17.6 Å². The van der Waals surface area contributed by atoms with Gasteiger partial charge >= 0.3 is 0 Å². The van der Waals surface area contributed by atoms with Gasteiger partial charge in [0.25, 0.3) is 0 Å². The molecule has 1 aromatic carbocycles. The minimum atomic E-state index is -0.0419. The van der Waals surface area contributed by atoms with Crippen molar-refractivity contribution in [2.45, 2.75) is 13.0 Å². The van der Waals surface area contributed by atoms with Gasteiger partial charge in [0.1, 0.15) is 5.52 Å². The van der Waals surface area contributed by atoms with Gasteiger partial charge < -0.3 is 10.2 Å². The number of rotatable bonds is 2. The summed E-state index contributed by atoms with van der Waals surface area (Å²) in [6.45, 7) is 1.83. The van der Waals surface area contributed by atoms with E-state index in [1.54, 1.807) is 0 Å². The van der Waals surface area contributed by atoms with Gasteiger partial charge in [0.2, 0.25) is 0 Å². The van der Waals surface area contributed by atoms with Gasteiger partial charge in [0.15, 0.2) is 11.5 Å². The van der Waals surface area contributed by atoms with Crippen molar-refractivity contribution in [3.63, 3.8) is 0 Å². The fraction of sp³-hybridized carbons (Fsp3) is 0.300. The Morgan fingerprint density at radius 2 is 2.36 bits per heavy atom. The molecule has 0 aliphatic heterocycles. The van der Waals surface area contributed by atoms with Gasteiger partial charge in [-0.3, -0.25) is 0 Å². The van der Waals surface area contributed by atoms with Crippen LogP contribution in [0.15, 0.2) is 22.6 Å². The Kier molecular flexibility index (Phi) is 2.48. The number of nitrogens with two attached hydrogens (primary N) is 1. The number of oxazole rings is 1. The molecule has 14 heavy (non-hydrogen) atoms. The maximum Gasteiger partial charge on any atom is 0.192 e. The van der Waals surface area contributed by atoms with Gasteiger partial charge in [0, 0.05) is 18.7 Å². The zero-order valence-corrected chi connectivity index (χ0v) is 8.79. The smallest absolute Gasteiger partial charge is 0.192 e. The minimum Gasteiger partial charge on any atom is -0.441 e. The van der Waals surface area contributed by atoms with Crippen molar-refractivity contribution >= 4 is 23.7 Å². The van der Waals surface area contributed by atoms with E-state index in [9.17, 15) is 0 Å². The zero-order valence-electron chi connectivity index (χ0n) is 7.90. The standard InChI is InChI=1S/C10H12N2OS/c1-6-12-9-4-7(8(11)5-14)2-3-10(9)13-6/h2-4,8,14H,5,11H2,1H3. The van der Waals surface area contributed by atoms with E-state index in [0.29, 0.717) is 11.6 Å². The third kappa shape index (κ3) is 1.63. The van der Waals surface area contributed by atoms with E-state index >= 15 is 0 Å². The summed E-state index contributed by atoms with van der Waals surface area (Å²) in [5.41, 5.74) is 8.56. The number of fused-ring (bicyclic) bond motifs is 1. The van der Waals surface area contributed by atoms with Crippen LogP contribution in [0.25, 0.3) is 11.1 Å². The van der Waals surface area contributed by atoms with Crippen LogP contribution in [0.1, 0.15) is 17.5 Å². The van der Waals surface area contributed by atoms with Crippen LogP contribution in [-0.2, 0) is 0 Å². The van der Waals surface area contributed by atoms with Crippen molar-refractivity contribution in [2.24, 2.45) is 5.73 Å². The van der Waals surface area contributed by atoms with E-state index in [-0.39, 0.29) is 6.04 Å². The van der Waals surface area contributed by atoms with Crippen LogP contribution in [0, 0.1) is 6.92 Å². The van der Waals surface area contributed by atoms with Gasteiger partial charge in [0.05, 0.1) is 0 Å². The van der Waals surface area contributed by atoms with Crippen molar-refractivity contribution in [2.75, 3.05) is 5.75 Å². The number of hydrogen-bond acceptors (Lipinski definition) is 4. The summed E-state index contributed by atoms with van der Waals surface area (Å²) >= 11 is 4.16. The molecule has 0 spiro atoms. The molecule has 1 heterocycles. The topological polar surface area (TPSA) is 52.0 Å². The highest BCUT2D eigenvalue weighted by molar-refractivity contribution is 7.80. The molecule has 1 aromatic heterocycles. The molecular formula is C10H12N2OS. The predicted molar refractivity (Wildman–Crippen MR) is 59.5 cm³/mol. The van der Waals surface area contributed by atoms with E-state index in [1.807, 2.05) is 25.1 Å². The summed E-state index contributed by atoms with van der Waals surface area (Å²) in [4.78, 5) is 4.24. The Balaban J connectivity index is 2.50. The average molecular weight is 208 g/mol. The van der Waals surface area contributed by atoms with Crippen LogP contribution < -0.4 is 5.73 Å². The highest BCUT2D eigenvalue weighted by Gasteiger charge is 2.07. The monoisotopic (exact) mass is 208 g/mol. The molecule has 0 aliphatic carbocycles. The quantitative estimate of drug-likeness (QED) is 0.743. The average Bonchev–Trinajstić information content (AvgIpc) is 2.55. The minimum absolute atomic E-state index is 0.0419. The fourth-order valence-corrected chi connectivity index (χ4v) is 1.61. The first-order chi connectivity index (χ1) is 6.70. The molecule has 0 bridgehead atoms. The lowest BCUT2D eigenvalue weighted by Crippen LogP contribution is -2.11. The Morgan fingerprint density at radius 3 is 3.07 bits per heavy atom. The van der Waals surface area contributed by atoms with Crippen molar-refractivity contribution in [1.29, 1.82) is 0 Å². The van der Waals surface area contributed by atoms with Gasteiger partial charge in [-0.15, -0.1) is 0 Å². The lowest BCUT2D eigenvalue weighted by molar-refractivity contribution is 0.561. The lowest BCUT2D eigenvalue weighted by atomic mass is 10.1. The first-order valence-corrected chi connectivity index (χ1v) is 5.07. The number of aromatic nitrogens is 1. The molecule has 0 aliphatic rings. The van der Waals surface area contributed by atoms with Crippen LogP contribution in [0.2, 0.25) is 0 Å². The third-order valence-electron chi connectivity index (χ3n) is 2.14. The molecule has 74 valence electrons. The Labute approximate surface area is 87.7 Å². The molecule has 0 amide bonds. The molecule has 1 atom stereocenters. The number of aryl methyl sites for hydroxylation is 1. The van der Waals surface area contributed by atoms with Crippen molar-refractivity contribution in [3.05, 3.63) is 29.7 Å². The van der Waals surface area contributed by atoms with Gasteiger partial charge in [-0.1, -0.05) is 6.07 Å². The predicted octanol–water partition coefficient (Wildman–Crippen LogP) is 2.07. The summed E-state index contributed by atoms with van der Waals surface area (Å²) in [5, 5.41) is 0. The van der Waals surface area contributed by atoms with Crippen molar-refractivity contribution < 1.29 is 4.42 Å². The van der Waals surface area contributed by atoms with Crippen LogP contribution in [0.5, 0.6) is 0 Å². The largest absolute Gasteiger partial charge is 0.441 e. The highest BCUT2D eigenvalue weighted by Crippen LogP contribution is 2.20. The molecule has 2 aromatic rings. The number of nitrogens with zero attached hydrogens (tertiary/aromatic N) is 1. The summed E-state index contributed by atoms with van der Waals surface area (Å²) in [6, 6.07) is 5.76. The zero-order chi connectivity index (χ0) is 10.1. The van der Waals surface area contributed by atoms with Crippen molar-refractivity contribution in [1.82, 2.24) is 4.98 Å². The maximum absolute atomic E-state index is 5.86. The van der Waals surface area contributed by atoms with Crippen LogP contribution in [-0.4, -0.2) is 10.7 Å². The number of benzene rings is 1. The summed E-state index contributed by atoms with van der Waals surface area (Å²) in [5.74, 6) is 1.30. The first-order valence-electron chi connectivity index (χ1n) is 4.44. The van der Waals surface area contributed by atoms with E-state index < -0.39 is 0 Å². The Hall–Kier alpha value is -1.00. The molecule has 4 heteroatoms. The molecule has 0 saturated carbocycles. The summed E-state index contributed by atoms with van der Waals surface area (Å²) in [7, 11) is 0. The van der Waals surface area contributed by atoms with Crippen LogP contribution >= 0.6 is 12.6 Å². The molecule has 0 radical (unpaired) electrons. The van der Waals surface area contributed by atoms with Gasteiger partial charge in [-0.2, -0.15) is 12.6 Å². The number of hydrogen-bond donors (Lipinski definition) is 2. The molecule has 1 unspecified atom stereocenters. The first kappa shape index (κ1) is 9.55. The molecule has 3 nitrogen and oxygen atoms in total. The molecule has 0 fully saturated rings. The van der Waals surface area contributed by atoms with E-state index in [1.165, 1.54) is 0 Å². The second-order valence-corrected chi connectivity index (χ2v) is 3.61. The Bertz CT molecular complexity index is 452. The third-order valence-corrected chi connectivity index (χ3v) is 2.54. The molecule has 0 saturated heterocycles. The SMILES string of the molecule is Cc1nc2cc(C(N)CS)ccc2o1. The summed E-state index contributed by atoms with van der Waals surface area (Å²) in [6.07, 6.45) is 0. The fourth-order valence-electron chi connectivity index (χ4n) is 1.40. The molecular weight excluding hydrogens is 196 g/mol. The number of thiol groups is 1. The molecule has 2 N–H and O–H groups in total. The highest BCUT2D eigenvalue weighted by atomic mass is 32.1. The van der Waals surface area contributed by atoms with E-state index in [0.717, 1.165) is 16.7 Å².